The maximum absolute atomic E-state index is 12.6. The molecule has 1 aromatic rings. The number of nitrogens with zero attached hydrogens (tertiary/aromatic N) is 1. The molecule has 0 bridgehead atoms. The van der Waals surface area contributed by atoms with Gasteiger partial charge in [0.05, 0.1) is 10.6 Å². The van der Waals surface area contributed by atoms with E-state index in [4.69, 9.17) is 11.6 Å². The summed E-state index contributed by atoms with van der Waals surface area (Å²) in [6, 6.07) is 4.04. The van der Waals surface area contributed by atoms with Gasteiger partial charge in [0, 0.05) is 25.7 Å². The molecule has 0 aromatic heterocycles. The molecule has 1 N–H and O–H groups in total. The van der Waals surface area contributed by atoms with Crippen LogP contribution in [0.3, 0.4) is 0 Å². The van der Waals surface area contributed by atoms with Crippen LogP contribution in [-0.2, 0) is 6.18 Å². The summed E-state index contributed by atoms with van der Waals surface area (Å²) in [4.78, 5) is 2.11. The Hall–Kier alpha value is -0.780. The lowest BCUT2D eigenvalue weighted by molar-refractivity contribution is -0.137. The molecule has 2 nitrogen and oxygen atoms in total. The van der Waals surface area contributed by atoms with Crippen LogP contribution in [0.5, 0.6) is 0 Å². The van der Waals surface area contributed by atoms with Crippen molar-refractivity contribution in [2.24, 2.45) is 0 Å². The smallest absolute Gasteiger partial charge is 0.314 e. The van der Waals surface area contributed by atoms with Gasteiger partial charge in [0.15, 0.2) is 0 Å². The molecule has 0 aliphatic carbocycles. The quantitative estimate of drug-likeness (QED) is 0.850. The first-order valence-corrected chi connectivity index (χ1v) is 6.05. The van der Waals surface area contributed by atoms with Crippen LogP contribution in [0.2, 0.25) is 5.02 Å². The first kappa shape index (κ1) is 13.6. The van der Waals surface area contributed by atoms with Crippen molar-refractivity contribution in [1.82, 2.24) is 10.2 Å². The Bertz CT molecular complexity index is 434. The number of hydrogen-bond acceptors (Lipinski definition) is 2. The number of hydrogen-bond donors (Lipinski definition) is 1. The summed E-state index contributed by atoms with van der Waals surface area (Å²) in [6.45, 7) is 2.48. The average Bonchev–Trinajstić information content (AvgIpc) is 2.27. The second kappa shape index (κ2) is 5.07. The number of alkyl halides is 3. The van der Waals surface area contributed by atoms with Gasteiger partial charge in [-0.15, -0.1) is 0 Å². The predicted molar refractivity (Wildman–Crippen MR) is 64.7 cm³/mol. The maximum atomic E-state index is 12.6. The Labute approximate surface area is 109 Å². The zero-order chi connectivity index (χ0) is 13.3. The molecule has 1 aliphatic rings. The first-order valence-electron chi connectivity index (χ1n) is 5.67. The summed E-state index contributed by atoms with van der Waals surface area (Å²) in [5.74, 6) is 0. The highest BCUT2D eigenvalue weighted by Crippen LogP contribution is 2.36. The number of nitrogens with one attached hydrogen (secondary N) is 1. The molecule has 2 rings (SSSR count). The van der Waals surface area contributed by atoms with Crippen LogP contribution in [0.4, 0.5) is 13.2 Å². The molecule has 0 radical (unpaired) electrons. The van der Waals surface area contributed by atoms with Crippen LogP contribution >= 0.6 is 11.6 Å². The van der Waals surface area contributed by atoms with Crippen molar-refractivity contribution in [3.05, 3.63) is 34.3 Å². The highest BCUT2D eigenvalue weighted by Gasteiger charge is 2.33. The minimum absolute atomic E-state index is 0.0681. The van der Waals surface area contributed by atoms with E-state index in [1.165, 1.54) is 12.1 Å². The maximum Gasteiger partial charge on any atom is 0.417 e. The molecule has 1 aliphatic heterocycles. The molecule has 0 spiro atoms. The average molecular weight is 279 g/mol. The Morgan fingerprint density at radius 2 is 2.11 bits per heavy atom. The van der Waals surface area contributed by atoms with Gasteiger partial charge < -0.3 is 5.32 Å². The number of halogens is 4. The Morgan fingerprint density at radius 3 is 2.67 bits per heavy atom. The van der Waals surface area contributed by atoms with Crippen molar-refractivity contribution in [2.75, 3.05) is 26.7 Å². The lowest BCUT2D eigenvalue weighted by atomic mass is 10.0. The van der Waals surface area contributed by atoms with E-state index in [1.807, 2.05) is 7.05 Å². The van der Waals surface area contributed by atoms with Crippen LogP contribution in [-0.4, -0.2) is 31.6 Å². The van der Waals surface area contributed by atoms with Gasteiger partial charge >= 0.3 is 6.18 Å². The fraction of sp³-hybridized carbons (Fsp3) is 0.500. The van der Waals surface area contributed by atoms with E-state index in [9.17, 15) is 13.2 Å². The van der Waals surface area contributed by atoms with Crippen LogP contribution in [0.15, 0.2) is 18.2 Å². The van der Waals surface area contributed by atoms with Gasteiger partial charge in [-0.2, -0.15) is 13.2 Å². The molecule has 18 heavy (non-hydrogen) atoms. The van der Waals surface area contributed by atoms with Crippen molar-refractivity contribution >= 4 is 11.6 Å². The molecule has 6 heteroatoms. The molecule has 0 saturated carbocycles. The zero-order valence-corrected chi connectivity index (χ0v) is 10.6. The fourth-order valence-electron chi connectivity index (χ4n) is 2.15. The van der Waals surface area contributed by atoms with Gasteiger partial charge in [-0.3, -0.25) is 4.90 Å². The minimum Gasteiger partial charge on any atom is -0.314 e. The van der Waals surface area contributed by atoms with Crippen molar-refractivity contribution in [3.8, 4) is 0 Å². The summed E-state index contributed by atoms with van der Waals surface area (Å²) in [7, 11) is 1.96. The van der Waals surface area contributed by atoms with Gasteiger partial charge in [-0.25, -0.2) is 0 Å². The van der Waals surface area contributed by atoms with E-state index >= 15 is 0 Å². The first-order chi connectivity index (χ1) is 8.39. The topological polar surface area (TPSA) is 15.3 Å². The summed E-state index contributed by atoms with van der Waals surface area (Å²) in [5, 5.41) is 2.98. The van der Waals surface area contributed by atoms with Crippen molar-refractivity contribution in [1.29, 1.82) is 0 Å². The van der Waals surface area contributed by atoms with E-state index in [0.717, 1.165) is 31.3 Å². The van der Waals surface area contributed by atoms with Crippen LogP contribution in [0.25, 0.3) is 0 Å². The predicted octanol–water partition coefficient (Wildman–Crippen LogP) is 2.93. The minimum atomic E-state index is -4.40. The lowest BCUT2D eigenvalue weighted by Gasteiger charge is -2.33. The Morgan fingerprint density at radius 1 is 1.39 bits per heavy atom. The van der Waals surface area contributed by atoms with E-state index < -0.39 is 11.7 Å². The largest absolute Gasteiger partial charge is 0.417 e. The molecular formula is C12H14ClF3N2. The van der Waals surface area contributed by atoms with Gasteiger partial charge in [0.1, 0.15) is 0 Å². The van der Waals surface area contributed by atoms with Gasteiger partial charge in [0.25, 0.3) is 0 Å². The second-order valence-electron chi connectivity index (χ2n) is 4.44. The summed E-state index contributed by atoms with van der Waals surface area (Å²) in [5.41, 5.74) is 0.0297. The SMILES string of the molecule is CN1CCNCC1c1ccc(C(F)(F)F)c(Cl)c1. The third kappa shape index (κ3) is 2.79. The molecule has 1 aromatic carbocycles. The van der Waals surface area contributed by atoms with E-state index in [0.29, 0.717) is 0 Å². The molecule has 1 atom stereocenters. The molecule has 1 unspecified atom stereocenters. The van der Waals surface area contributed by atoms with Crippen LogP contribution in [0, 0.1) is 0 Å². The fourth-order valence-corrected chi connectivity index (χ4v) is 2.44. The molecule has 1 saturated heterocycles. The van der Waals surface area contributed by atoms with Gasteiger partial charge in [0.2, 0.25) is 0 Å². The van der Waals surface area contributed by atoms with E-state index in [-0.39, 0.29) is 11.1 Å². The van der Waals surface area contributed by atoms with Crippen molar-refractivity contribution in [2.45, 2.75) is 12.2 Å². The molecular weight excluding hydrogens is 265 g/mol. The van der Waals surface area contributed by atoms with Crippen LogP contribution < -0.4 is 5.32 Å². The molecule has 0 amide bonds. The van der Waals surface area contributed by atoms with Crippen LogP contribution in [0.1, 0.15) is 17.2 Å². The van der Waals surface area contributed by atoms with Crippen molar-refractivity contribution in [3.63, 3.8) is 0 Å². The van der Waals surface area contributed by atoms with Gasteiger partial charge in [-0.1, -0.05) is 17.7 Å². The number of rotatable bonds is 1. The molecule has 1 heterocycles. The lowest BCUT2D eigenvalue weighted by Crippen LogP contribution is -2.43. The number of benzene rings is 1. The summed E-state index contributed by atoms with van der Waals surface area (Å²) >= 11 is 5.72. The summed E-state index contributed by atoms with van der Waals surface area (Å²) < 4.78 is 37.8. The standard InChI is InChI=1S/C12H14ClF3N2/c1-18-5-4-17-7-11(18)8-2-3-9(10(13)6-8)12(14,15)16/h2-3,6,11,17H,4-5,7H2,1H3. The third-order valence-electron chi connectivity index (χ3n) is 3.19. The van der Waals surface area contributed by atoms with E-state index in [1.54, 1.807) is 0 Å². The Balaban J connectivity index is 2.28. The highest BCUT2D eigenvalue weighted by atomic mass is 35.5. The van der Waals surface area contributed by atoms with E-state index in [2.05, 4.69) is 10.2 Å². The number of likely N-dealkylation sites (N-methyl/N-ethyl adjacent to an activating group) is 1. The highest BCUT2D eigenvalue weighted by molar-refractivity contribution is 6.31. The molecule has 100 valence electrons. The third-order valence-corrected chi connectivity index (χ3v) is 3.51. The van der Waals surface area contributed by atoms with Gasteiger partial charge in [-0.05, 0) is 24.7 Å². The normalized spacial score (nSPS) is 22.2. The Kier molecular flexibility index (Phi) is 3.84. The monoisotopic (exact) mass is 278 g/mol. The molecule has 1 fully saturated rings. The number of piperazine rings is 1. The second-order valence-corrected chi connectivity index (χ2v) is 4.84. The van der Waals surface area contributed by atoms with Crippen molar-refractivity contribution < 1.29 is 13.2 Å². The zero-order valence-electron chi connectivity index (χ0n) is 9.89. The summed E-state index contributed by atoms with van der Waals surface area (Å²) in [6.07, 6.45) is -4.40.